The minimum atomic E-state index is 0.0113. The Bertz CT molecular complexity index is 230. The predicted octanol–water partition coefficient (Wildman–Crippen LogP) is 4.78. The quantitative estimate of drug-likeness (QED) is 0.763. The molecule has 0 radical (unpaired) electrons. The van der Waals surface area contributed by atoms with Crippen LogP contribution in [-0.4, -0.2) is 11.2 Å². The van der Waals surface area contributed by atoms with Gasteiger partial charge in [-0.15, -0.1) is 0 Å². The summed E-state index contributed by atoms with van der Waals surface area (Å²) in [7, 11) is 0. The van der Waals surface area contributed by atoms with Crippen LogP contribution < -0.4 is 0 Å². The Hall–Kier alpha value is -0.0400. The molecule has 0 bridgehead atoms. The Balaban J connectivity index is 1.81. The number of hydrogen-bond acceptors (Lipinski definition) is 1. The third-order valence-electron chi connectivity index (χ3n) is 5.84. The van der Waals surface area contributed by atoms with E-state index in [0.29, 0.717) is 11.8 Å². The summed E-state index contributed by atoms with van der Waals surface area (Å²) >= 11 is 0. The number of aliphatic hydroxyl groups excluding tert-OH is 1. The van der Waals surface area contributed by atoms with Gasteiger partial charge in [-0.05, 0) is 49.4 Å². The van der Waals surface area contributed by atoms with Gasteiger partial charge in [0.15, 0.2) is 0 Å². The first kappa shape index (κ1) is 14.4. The van der Waals surface area contributed by atoms with Crippen molar-refractivity contribution in [2.75, 3.05) is 0 Å². The number of aliphatic hydroxyl groups is 1. The molecule has 3 unspecified atom stereocenters. The largest absolute Gasteiger partial charge is 0.393 e. The first-order valence-electron chi connectivity index (χ1n) is 8.42. The highest BCUT2D eigenvalue weighted by Crippen LogP contribution is 2.40. The van der Waals surface area contributed by atoms with Crippen LogP contribution in [0.3, 0.4) is 0 Å². The number of hydrogen-bond donors (Lipinski definition) is 1. The van der Waals surface area contributed by atoms with Crippen molar-refractivity contribution in [2.45, 2.75) is 84.2 Å². The zero-order valence-corrected chi connectivity index (χ0v) is 12.4. The first-order chi connectivity index (χ1) is 8.74. The lowest BCUT2D eigenvalue weighted by atomic mass is 9.70. The topological polar surface area (TPSA) is 20.2 Å². The molecule has 2 fully saturated rings. The monoisotopic (exact) mass is 252 g/mol. The molecule has 2 aliphatic carbocycles. The zero-order valence-electron chi connectivity index (χ0n) is 12.4. The van der Waals surface area contributed by atoms with Crippen molar-refractivity contribution in [1.82, 2.24) is 0 Å². The molecule has 0 aliphatic heterocycles. The summed E-state index contributed by atoms with van der Waals surface area (Å²) in [4.78, 5) is 0. The first-order valence-corrected chi connectivity index (χ1v) is 8.42. The highest BCUT2D eigenvalue weighted by molar-refractivity contribution is 4.84. The molecule has 0 spiro atoms. The third-order valence-corrected chi connectivity index (χ3v) is 5.84. The van der Waals surface area contributed by atoms with E-state index in [1.54, 1.807) is 0 Å². The standard InChI is InChI=1S/C17H32O/c1-3-13-8-10-15(11-9-13)17(18)16-7-5-6-14(4-2)12-16/h13-18H,3-12H2,1-2H3. The van der Waals surface area contributed by atoms with Crippen molar-refractivity contribution in [3.05, 3.63) is 0 Å². The summed E-state index contributed by atoms with van der Waals surface area (Å²) < 4.78 is 0. The zero-order chi connectivity index (χ0) is 13.0. The summed E-state index contributed by atoms with van der Waals surface area (Å²) in [6.07, 6.45) is 13.3. The van der Waals surface area contributed by atoms with Gasteiger partial charge in [-0.1, -0.05) is 52.4 Å². The molecule has 2 saturated carbocycles. The summed E-state index contributed by atoms with van der Waals surface area (Å²) in [6, 6.07) is 0. The van der Waals surface area contributed by atoms with Gasteiger partial charge in [0.05, 0.1) is 6.10 Å². The fourth-order valence-electron chi connectivity index (χ4n) is 4.34. The van der Waals surface area contributed by atoms with Crippen molar-refractivity contribution in [2.24, 2.45) is 23.7 Å². The molecule has 0 aromatic rings. The molecule has 18 heavy (non-hydrogen) atoms. The van der Waals surface area contributed by atoms with Crippen LogP contribution >= 0.6 is 0 Å². The minimum Gasteiger partial charge on any atom is -0.393 e. The molecule has 1 nitrogen and oxygen atoms in total. The lowest BCUT2D eigenvalue weighted by molar-refractivity contribution is 0.00274. The molecule has 2 rings (SSSR count). The van der Waals surface area contributed by atoms with Crippen LogP contribution in [0.5, 0.6) is 0 Å². The molecule has 2 aliphatic rings. The normalized spacial score (nSPS) is 39.5. The van der Waals surface area contributed by atoms with Crippen molar-refractivity contribution < 1.29 is 5.11 Å². The lowest BCUT2D eigenvalue weighted by Gasteiger charge is -2.38. The average Bonchev–Trinajstić information content (AvgIpc) is 2.46. The van der Waals surface area contributed by atoms with Crippen LogP contribution in [0.2, 0.25) is 0 Å². The Morgan fingerprint density at radius 1 is 0.833 bits per heavy atom. The van der Waals surface area contributed by atoms with Crippen LogP contribution in [0.4, 0.5) is 0 Å². The third kappa shape index (κ3) is 3.50. The lowest BCUT2D eigenvalue weighted by Crippen LogP contribution is -2.34. The second kappa shape index (κ2) is 6.93. The Morgan fingerprint density at radius 2 is 1.50 bits per heavy atom. The van der Waals surface area contributed by atoms with E-state index in [9.17, 15) is 5.11 Å². The van der Waals surface area contributed by atoms with Crippen LogP contribution in [0.15, 0.2) is 0 Å². The second-order valence-electron chi connectivity index (χ2n) is 6.88. The van der Waals surface area contributed by atoms with Gasteiger partial charge in [0.2, 0.25) is 0 Å². The highest BCUT2D eigenvalue weighted by atomic mass is 16.3. The molecule has 106 valence electrons. The Kier molecular flexibility index (Phi) is 5.54. The molecule has 0 aromatic heterocycles. The highest BCUT2D eigenvalue weighted by Gasteiger charge is 2.33. The molecule has 0 heterocycles. The van der Waals surface area contributed by atoms with Crippen LogP contribution in [0.1, 0.15) is 78.1 Å². The summed E-state index contributed by atoms with van der Waals surface area (Å²) in [6.45, 7) is 4.63. The molecule has 0 amide bonds. The molecular formula is C17H32O. The maximum absolute atomic E-state index is 10.7. The fourth-order valence-corrected chi connectivity index (χ4v) is 4.34. The minimum absolute atomic E-state index is 0.0113. The maximum atomic E-state index is 10.7. The smallest absolute Gasteiger partial charge is 0.0596 e. The van der Waals surface area contributed by atoms with E-state index in [1.807, 2.05) is 0 Å². The number of rotatable bonds is 4. The van der Waals surface area contributed by atoms with Crippen LogP contribution in [0, 0.1) is 23.7 Å². The molecule has 3 atom stereocenters. The van der Waals surface area contributed by atoms with E-state index in [0.717, 1.165) is 11.8 Å². The van der Waals surface area contributed by atoms with Gasteiger partial charge in [-0.25, -0.2) is 0 Å². The molecule has 1 heteroatoms. The summed E-state index contributed by atoms with van der Waals surface area (Å²) in [5.41, 5.74) is 0. The van der Waals surface area contributed by atoms with Gasteiger partial charge in [0.25, 0.3) is 0 Å². The summed E-state index contributed by atoms with van der Waals surface area (Å²) in [5.74, 6) is 3.08. The van der Waals surface area contributed by atoms with Gasteiger partial charge >= 0.3 is 0 Å². The van der Waals surface area contributed by atoms with E-state index in [4.69, 9.17) is 0 Å². The second-order valence-corrected chi connectivity index (χ2v) is 6.88. The van der Waals surface area contributed by atoms with Gasteiger partial charge in [-0.3, -0.25) is 0 Å². The van der Waals surface area contributed by atoms with E-state index >= 15 is 0 Å². The fraction of sp³-hybridized carbons (Fsp3) is 1.00. The van der Waals surface area contributed by atoms with E-state index < -0.39 is 0 Å². The molecule has 1 N–H and O–H groups in total. The molecule has 0 saturated heterocycles. The van der Waals surface area contributed by atoms with Gasteiger partial charge in [-0.2, -0.15) is 0 Å². The van der Waals surface area contributed by atoms with Crippen molar-refractivity contribution in [3.63, 3.8) is 0 Å². The van der Waals surface area contributed by atoms with Crippen molar-refractivity contribution >= 4 is 0 Å². The predicted molar refractivity (Wildman–Crippen MR) is 77.5 cm³/mol. The van der Waals surface area contributed by atoms with Gasteiger partial charge in [0.1, 0.15) is 0 Å². The maximum Gasteiger partial charge on any atom is 0.0596 e. The summed E-state index contributed by atoms with van der Waals surface area (Å²) in [5, 5.41) is 10.7. The van der Waals surface area contributed by atoms with Crippen molar-refractivity contribution in [1.29, 1.82) is 0 Å². The Morgan fingerprint density at radius 3 is 2.11 bits per heavy atom. The SMILES string of the molecule is CCC1CCC(C(O)C2CCCC(CC)C2)CC1. The van der Waals surface area contributed by atoms with Crippen molar-refractivity contribution in [3.8, 4) is 0 Å². The van der Waals surface area contributed by atoms with Crippen LogP contribution in [-0.2, 0) is 0 Å². The van der Waals surface area contributed by atoms with E-state index in [-0.39, 0.29) is 6.10 Å². The van der Waals surface area contributed by atoms with Gasteiger partial charge < -0.3 is 5.11 Å². The van der Waals surface area contributed by atoms with E-state index in [1.165, 1.54) is 64.2 Å². The van der Waals surface area contributed by atoms with Crippen LogP contribution in [0.25, 0.3) is 0 Å². The molecular weight excluding hydrogens is 220 g/mol. The Labute approximate surface area is 113 Å². The average molecular weight is 252 g/mol. The van der Waals surface area contributed by atoms with E-state index in [2.05, 4.69) is 13.8 Å². The molecule has 0 aromatic carbocycles. The van der Waals surface area contributed by atoms with Gasteiger partial charge in [0, 0.05) is 0 Å².